The standard InChI is InChI=1S/C24H21Cl2NO3S/c1-16-7-12-21(13-8-16)31(29,30)27(23-6-4-5-17(2)18(23)3)24(28)14-10-19-9-11-20(25)15-22(19)26/h4-15H,1-3H3/b14-10+. The molecule has 0 aliphatic rings. The lowest BCUT2D eigenvalue weighted by molar-refractivity contribution is -0.113. The lowest BCUT2D eigenvalue weighted by Gasteiger charge is -2.24. The summed E-state index contributed by atoms with van der Waals surface area (Å²) in [5, 5.41) is 0.823. The minimum Gasteiger partial charge on any atom is -0.268 e. The minimum absolute atomic E-state index is 0.0327. The number of nitrogens with zero attached hydrogens (tertiary/aromatic N) is 1. The van der Waals surface area contributed by atoms with Crippen LogP contribution in [0.2, 0.25) is 10.0 Å². The lowest BCUT2D eigenvalue weighted by atomic mass is 10.1. The Morgan fingerprint density at radius 1 is 0.935 bits per heavy atom. The van der Waals surface area contributed by atoms with Crippen molar-refractivity contribution in [2.75, 3.05) is 4.31 Å². The molecule has 0 radical (unpaired) electrons. The van der Waals surface area contributed by atoms with Gasteiger partial charge in [-0.25, -0.2) is 8.42 Å². The van der Waals surface area contributed by atoms with Crippen LogP contribution in [0.4, 0.5) is 5.69 Å². The summed E-state index contributed by atoms with van der Waals surface area (Å²) in [5.74, 6) is -0.708. The predicted molar refractivity (Wildman–Crippen MR) is 127 cm³/mol. The van der Waals surface area contributed by atoms with E-state index in [1.807, 2.05) is 19.9 Å². The van der Waals surface area contributed by atoms with Crippen LogP contribution in [0, 0.1) is 20.8 Å². The van der Waals surface area contributed by atoms with Gasteiger partial charge >= 0.3 is 0 Å². The fraction of sp³-hybridized carbons (Fsp3) is 0.125. The number of hydrogen-bond acceptors (Lipinski definition) is 3. The zero-order chi connectivity index (χ0) is 22.8. The van der Waals surface area contributed by atoms with Crippen LogP contribution < -0.4 is 4.31 Å². The van der Waals surface area contributed by atoms with E-state index >= 15 is 0 Å². The van der Waals surface area contributed by atoms with Crippen LogP contribution >= 0.6 is 23.2 Å². The van der Waals surface area contributed by atoms with Gasteiger partial charge in [-0.1, -0.05) is 59.1 Å². The molecule has 0 saturated heterocycles. The number of anilines is 1. The molecule has 31 heavy (non-hydrogen) atoms. The maximum atomic E-state index is 13.5. The van der Waals surface area contributed by atoms with Crippen molar-refractivity contribution in [1.82, 2.24) is 0 Å². The Balaban J connectivity index is 2.11. The summed E-state index contributed by atoms with van der Waals surface area (Å²) < 4.78 is 27.8. The highest BCUT2D eigenvalue weighted by atomic mass is 35.5. The Morgan fingerprint density at radius 3 is 2.26 bits per heavy atom. The summed E-state index contributed by atoms with van der Waals surface area (Å²) in [4.78, 5) is 13.3. The number of amides is 1. The molecule has 0 aliphatic heterocycles. The molecule has 3 aromatic carbocycles. The zero-order valence-corrected chi connectivity index (χ0v) is 19.6. The molecule has 1 amide bonds. The molecule has 0 aromatic heterocycles. The van der Waals surface area contributed by atoms with Crippen LogP contribution in [-0.4, -0.2) is 14.3 Å². The highest BCUT2D eigenvalue weighted by Gasteiger charge is 2.31. The highest BCUT2D eigenvalue weighted by molar-refractivity contribution is 7.93. The van der Waals surface area contributed by atoms with Crippen molar-refractivity contribution in [1.29, 1.82) is 0 Å². The Kier molecular flexibility index (Phi) is 6.90. The summed E-state index contributed by atoms with van der Waals surface area (Å²) in [6, 6.07) is 16.4. The van der Waals surface area contributed by atoms with Crippen LogP contribution in [0.5, 0.6) is 0 Å². The van der Waals surface area contributed by atoms with Gasteiger partial charge in [-0.3, -0.25) is 4.79 Å². The van der Waals surface area contributed by atoms with Gasteiger partial charge in [0.2, 0.25) is 0 Å². The number of carbonyl (C=O) groups excluding carboxylic acids is 1. The number of aryl methyl sites for hydroxylation is 2. The number of carbonyl (C=O) groups is 1. The second kappa shape index (κ2) is 9.27. The molecule has 0 saturated carbocycles. The maximum Gasteiger partial charge on any atom is 0.271 e. The van der Waals surface area contributed by atoms with Crippen molar-refractivity contribution in [3.63, 3.8) is 0 Å². The van der Waals surface area contributed by atoms with E-state index < -0.39 is 15.9 Å². The first-order valence-electron chi connectivity index (χ1n) is 9.46. The first kappa shape index (κ1) is 23.1. The number of benzene rings is 3. The second-order valence-electron chi connectivity index (χ2n) is 7.14. The van der Waals surface area contributed by atoms with E-state index in [0.29, 0.717) is 26.9 Å². The highest BCUT2D eigenvalue weighted by Crippen LogP contribution is 2.30. The van der Waals surface area contributed by atoms with Crippen LogP contribution in [0.3, 0.4) is 0 Å². The largest absolute Gasteiger partial charge is 0.271 e. The van der Waals surface area contributed by atoms with E-state index in [-0.39, 0.29) is 4.90 Å². The molecular formula is C24H21Cl2NO3S. The van der Waals surface area contributed by atoms with Gasteiger partial charge < -0.3 is 0 Å². The van der Waals surface area contributed by atoms with E-state index in [9.17, 15) is 13.2 Å². The monoisotopic (exact) mass is 473 g/mol. The first-order chi connectivity index (χ1) is 14.6. The molecule has 160 valence electrons. The molecule has 0 fully saturated rings. The Morgan fingerprint density at radius 2 is 1.61 bits per heavy atom. The van der Waals surface area contributed by atoms with Gasteiger partial charge in [0.25, 0.3) is 15.9 Å². The Bertz CT molecular complexity index is 1270. The Hall–Kier alpha value is -2.60. The molecule has 0 atom stereocenters. The van der Waals surface area contributed by atoms with Gasteiger partial charge in [0, 0.05) is 16.1 Å². The third kappa shape index (κ3) is 5.01. The number of sulfonamides is 1. The van der Waals surface area contributed by atoms with Crippen LogP contribution in [0.15, 0.2) is 71.6 Å². The van der Waals surface area contributed by atoms with Crippen molar-refractivity contribution in [2.24, 2.45) is 0 Å². The van der Waals surface area contributed by atoms with Crippen LogP contribution in [0.25, 0.3) is 6.08 Å². The summed E-state index contributed by atoms with van der Waals surface area (Å²) in [6.45, 7) is 5.52. The quantitative estimate of drug-likeness (QED) is 0.405. The van der Waals surface area contributed by atoms with Gasteiger partial charge in [0.1, 0.15) is 0 Å². The first-order valence-corrected chi connectivity index (χ1v) is 11.7. The van der Waals surface area contributed by atoms with Gasteiger partial charge in [-0.15, -0.1) is 0 Å². The van der Waals surface area contributed by atoms with Crippen molar-refractivity contribution >= 4 is 50.9 Å². The molecule has 0 bridgehead atoms. The van der Waals surface area contributed by atoms with Crippen molar-refractivity contribution < 1.29 is 13.2 Å². The minimum atomic E-state index is -4.15. The number of halogens is 2. The smallest absolute Gasteiger partial charge is 0.268 e. The maximum absolute atomic E-state index is 13.5. The molecular weight excluding hydrogens is 453 g/mol. The lowest BCUT2D eigenvalue weighted by Crippen LogP contribution is -2.36. The number of hydrogen-bond donors (Lipinski definition) is 0. The molecule has 3 rings (SSSR count). The average Bonchev–Trinajstić information content (AvgIpc) is 2.71. The van der Waals surface area contributed by atoms with Gasteiger partial charge in [0.05, 0.1) is 10.6 Å². The van der Waals surface area contributed by atoms with Gasteiger partial charge in [-0.05, 0) is 73.9 Å². The van der Waals surface area contributed by atoms with Crippen LogP contribution in [0.1, 0.15) is 22.3 Å². The fourth-order valence-electron chi connectivity index (χ4n) is 3.00. The van der Waals surface area contributed by atoms with Gasteiger partial charge in [0.15, 0.2) is 0 Å². The summed E-state index contributed by atoms with van der Waals surface area (Å²) in [5.41, 5.74) is 3.34. The SMILES string of the molecule is Cc1ccc(S(=O)(=O)N(C(=O)/C=C/c2ccc(Cl)cc2Cl)c2cccc(C)c2C)cc1. The average molecular weight is 474 g/mol. The Labute approximate surface area is 192 Å². The molecule has 4 nitrogen and oxygen atoms in total. The fourth-order valence-corrected chi connectivity index (χ4v) is 4.92. The predicted octanol–water partition coefficient (Wildman–Crippen LogP) is 6.35. The molecule has 0 aliphatic carbocycles. The third-order valence-electron chi connectivity index (χ3n) is 4.92. The number of rotatable bonds is 5. The second-order valence-corrected chi connectivity index (χ2v) is 9.77. The molecule has 3 aromatic rings. The van der Waals surface area contributed by atoms with Crippen LogP contribution in [-0.2, 0) is 14.8 Å². The normalized spacial score (nSPS) is 11.6. The van der Waals surface area contributed by atoms with E-state index in [1.54, 1.807) is 49.4 Å². The van der Waals surface area contributed by atoms with E-state index in [4.69, 9.17) is 23.2 Å². The van der Waals surface area contributed by atoms with E-state index in [1.165, 1.54) is 24.3 Å². The van der Waals surface area contributed by atoms with E-state index in [0.717, 1.165) is 15.4 Å². The van der Waals surface area contributed by atoms with Crippen molar-refractivity contribution in [3.8, 4) is 0 Å². The summed E-state index contributed by atoms with van der Waals surface area (Å²) >= 11 is 12.1. The van der Waals surface area contributed by atoms with Crippen molar-refractivity contribution in [3.05, 3.63) is 99.0 Å². The van der Waals surface area contributed by atoms with Crippen molar-refractivity contribution in [2.45, 2.75) is 25.7 Å². The molecule has 0 spiro atoms. The topological polar surface area (TPSA) is 54.5 Å². The zero-order valence-electron chi connectivity index (χ0n) is 17.3. The molecule has 0 heterocycles. The van der Waals surface area contributed by atoms with Gasteiger partial charge in [-0.2, -0.15) is 4.31 Å². The van der Waals surface area contributed by atoms with E-state index in [2.05, 4.69) is 0 Å². The molecule has 0 unspecified atom stereocenters. The summed E-state index contributed by atoms with van der Waals surface area (Å²) in [7, 11) is -4.15. The summed E-state index contributed by atoms with van der Waals surface area (Å²) in [6.07, 6.45) is 2.67. The third-order valence-corrected chi connectivity index (χ3v) is 7.21. The molecule has 0 N–H and O–H groups in total. The molecule has 7 heteroatoms.